The number of aliphatic imine (C=N–C) groups is 1. The van der Waals surface area contributed by atoms with Gasteiger partial charge < -0.3 is 16.4 Å². The minimum absolute atomic E-state index is 0.377. The van der Waals surface area contributed by atoms with Crippen LogP contribution in [0.1, 0.15) is 28.8 Å². The Balaban J connectivity index is 1.53. The predicted octanol–water partition coefficient (Wildman–Crippen LogP) is 2.93. The van der Waals surface area contributed by atoms with Gasteiger partial charge in [0.25, 0.3) is 0 Å². The fourth-order valence-electron chi connectivity index (χ4n) is 3.12. The lowest BCUT2D eigenvalue weighted by molar-refractivity contribution is 0.722. The number of nitrogen functional groups attached to an aromatic ring is 1. The van der Waals surface area contributed by atoms with Gasteiger partial charge in [-0.25, -0.2) is 4.68 Å². The number of aromatic nitrogens is 2. The number of benzene rings is 2. The third-order valence-corrected chi connectivity index (χ3v) is 4.79. The molecule has 0 atom stereocenters. The first-order chi connectivity index (χ1) is 14.6. The van der Waals surface area contributed by atoms with Crippen LogP contribution >= 0.6 is 0 Å². The van der Waals surface area contributed by atoms with E-state index in [4.69, 9.17) is 5.73 Å². The summed E-state index contributed by atoms with van der Waals surface area (Å²) >= 11 is 0. The Hall–Kier alpha value is -3.79. The van der Waals surface area contributed by atoms with Crippen molar-refractivity contribution in [2.45, 2.75) is 26.3 Å². The molecule has 0 aliphatic heterocycles. The average molecular weight is 402 g/mol. The molecule has 3 aromatic rings. The Labute approximate surface area is 177 Å². The minimum atomic E-state index is 0.377. The first kappa shape index (κ1) is 20.9. The monoisotopic (exact) mass is 401 g/mol. The van der Waals surface area contributed by atoms with Gasteiger partial charge in [0.2, 0.25) is 0 Å². The average Bonchev–Trinajstić information content (AvgIpc) is 3.10. The molecule has 0 fully saturated rings. The number of nitrogens with zero attached hydrogens (tertiary/aromatic N) is 4. The topological polar surface area (TPSA) is 104 Å². The van der Waals surface area contributed by atoms with Crippen molar-refractivity contribution in [1.82, 2.24) is 20.4 Å². The number of nitrogens with one attached hydrogen (secondary N) is 2. The van der Waals surface area contributed by atoms with Gasteiger partial charge in [0, 0.05) is 20.1 Å². The molecule has 0 spiro atoms. The van der Waals surface area contributed by atoms with Gasteiger partial charge in [0.1, 0.15) is 17.5 Å². The van der Waals surface area contributed by atoms with E-state index in [1.165, 1.54) is 11.1 Å². The number of guanidine groups is 1. The van der Waals surface area contributed by atoms with Crippen LogP contribution < -0.4 is 16.4 Å². The second kappa shape index (κ2) is 10.1. The third-order valence-electron chi connectivity index (χ3n) is 4.79. The van der Waals surface area contributed by atoms with E-state index in [-0.39, 0.29) is 0 Å². The summed E-state index contributed by atoms with van der Waals surface area (Å²) in [6.45, 7) is 3.49. The Morgan fingerprint density at radius 2 is 1.87 bits per heavy atom. The maximum Gasteiger partial charge on any atom is 0.191 e. The Bertz CT molecular complexity index is 1030. The van der Waals surface area contributed by atoms with Crippen molar-refractivity contribution in [3.05, 3.63) is 77.0 Å². The number of hydrogen-bond donors (Lipinski definition) is 3. The fourth-order valence-corrected chi connectivity index (χ4v) is 3.12. The van der Waals surface area contributed by atoms with Crippen LogP contribution in [0.15, 0.2) is 59.6 Å². The standard InChI is InChI=1S/C23H27N7/c1-17-10-12-18(13-11-17)16-28-23(26-2)27-14-6-9-21-20(15-24)22(25)30(29-21)19-7-4-3-5-8-19/h3-5,7-8,10-13H,6,9,14,16,25H2,1-2H3,(H2,26,27,28). The number of hydrogen-bond acceptors (Lipinski definition) is 4. The molecule has 0 aliphatic carbocycles. The van der Waals surface area contributed by atoms with Gasteiger partial charge in [-0.2, -0.15) is 10.4 Å². The smallest absolute Gasteiger partial charge is 0.191 e. The highest BCUT2D eigenvalue weighted by molar-refractivity contribution is 5.79. The molecule has 1 heterocycles. The second-order valence-corrected chi connectivity index (χ2v) is 7.01. The molecule has 2 aromatic carbocycles. The molecule has 0 aliphatic rings. The maximum atomic E-state index is 9.51. The molecular weight excluding hydrogens is 374 g/mol. The maximum absolute atomic E-state index is 9.51. The van der Waals surface area contributed by atoms with E-state index in [2.05, 4.69) is 58.0 Å². The number of aryl methyl sites for hydroxylation is 2. The molecule has 0 unspecified atom stereocenters. The molecule has 1 aromatic heterocycles. The molecule has 30 heavy (non-hydrogen) atoms. The lowest BCUT2D eigenvalue weighted by Gasteiger charge is -2.12. The van der Waals surface area contributed by atoms with Crippen LogP contribution in [0.2, 0.25) is 0 Å². The molecule has 0 bridgehead atoms. The van der Waals surface area contributed by atoms with Crippen LogP contribution in [0.25, 0.3) is 5.69 Å². The minimum Gasteiger partial charge on any atom is -0.382 e. The molecular formula is C23H27N7. The summed E-state index contributed by atoms with van der Waals surface area (Å²) < 4.78 is 1.63. The van der Waals surface area contributed by atoms with E-state index in [9.17, 15) is 5.26 Å². The predicted molar refractivity (Wildman–Crippen MR) is 120 cm³/mol. The lowest BCUT2D eigenvalue weighted by atomic mass is 10.1. The van der Waals surface area contributed by atoms with Crippen LogP contribution in [0.3, 0.4) is 0 Å². The van der Waals surface area contributed by atoms with Crippen molar-refractivity contribution in [1.29, 1.82) is 5.26 Å². The lowest BCUT2D eigenvalue weighted by Crippen LogP contribution is -2.37. The van der Waals surface area contributed by atoms with Crippen LogP contribution in [0.4, 0.5) is 5.82 Å². The highest BCUT2D eigenvalue weighted by Crippen LogP contribution is 2.21. The summed E-state index contributed by atoms with van der Waals surface area (Å²) in [7, 11) is 1.75. The molecule has 4 N–H and O–H groups in total. The molecule has 0 amide bonds. The van der Waals surface area contributed by atoms with Crippen molar-refractivity contribution in [2.75, 3.05) is 19.3 Å². The van der Waals surface area contributed by atoms with Crippen molar-refractivity contribution in [2.24, 2.45) is 4.99 Å². The summed E-state index contributed by atoms with van der Waals surface area (Å²) in [6.07, 6.45) is 1.44. The molecule has 0 saturated carbocycles. The van der Waals surface area contributed by atoms with E-state index in [1.54, 1.807) is 11.7 Å². The molecule has 0 saturated heterocycles. The molecule has 7 nitrogen and oxygen atoms in total. The van der Waals surface area contributed by atoms with Gasteiger partial charge in [-0.05, 0) is 37.5 Å². The molecule has 154 valence electrons. The summed E-state index contributed by atoms with van der Waals surface area (Å²) in [5.41, 5.74) is 10.6. The number of rotatable bonds is 7. The van der Waals surface area contributed by atoms with Gasteiger partial charge in [0.15, 0.2) is 5.96 Å². The second-order valence-electron chi connectivity index (χ2n) is 7.01. The number of nitriles is 1. The first-order valence-corrected chi connectivity index (χ1v) is 9.95. The van der Waals surface area contributed by atoms with E-state index in [1.807, 2.05) is 30.3 Å². The summed E-state index contributed by atoms with van der Waals surface area (Å²) in [5, 5.41) is 20.7. The van der Waals surface area contributed by atoms with E-state index in [0.717, 1.165) is 18.1 Å². The van der Waals surface area contributed by atoms with Gasteiger partial charge in [-0.15, -0.1) is 0 Å². The van der Waals surface area contributed by atoms with Gasteiger partial charge in [-0.3, -0.25) is 4.99 Å². The highest BCUT2D eigenvalue weighted by atomic mass is 15.3. The van der Waals surface area contributed by atoms with E-state index in [0.29, 0.717) is 36.6 Å². The van der Waals surface area contributed by atoms with Gasteiger partial charge >= 0.3 is 0 Å². The molecule has 0 radical (unpaired) electrons. The Morgan fingerprint density at radius 1 is 1.13 bits per heavy atom. The van der Waals surface area contributed by atoms with Crippen LogP contribution in [0.5, 0.6) is 0 Å². The van der Waals surface area contributed by atoms with Gasteiger partial charge in [-0.1, -0.05) is 48.0 Å². The molecule has 3 rings (SSSR count). The van der Waals surface area contributed by atoms with Crippen LogP contribution in [-0.4, -0.2) is 29.3 Å². The van der Waals surface area contributed by atoms with Crippen molar-refractivity contribution >= 4 is 11.8 Å². The van der Waals surface area contributed by atoms with Crippen LogP contribution in [-0.2, 0) is 13.0 Å². The quantitative estimate of drug-likeness (QED) is 0.321. The largest absolute Gasteiger partial charge is 0.382 e. The fraction of sp³-hybridized carbons (Fsp3) is 0.261. The number of para-hydroxylation sites is 1. The number of nitrogens with two attached hydrogens (primary N) is 1. The van der Waals surface area contributed by atoms with E-state index >= 15 is 0 Å². The zero-order valence-corrected chi connectivity index (χ0v) is 17.4. The van der Waals surface area contributed by atoms with Crippen molar-refractivity contribution in [3.63, 3.8) is 0 Å². The van der Waals surface area contributed by atoms with Crippen molar-refractivity contribution in [3.8, 4) is 11.8 Å². The Morgan fingerprint density at radius 3 is 2.53 bits per heavy atom. The summed E-state index contributed by atoms with van der Waals surface area (Å²) in [5.74, 6) is 1.12. The zero-order valence-electron chi connectivity index (χ0n) is 17.4. The van der Waals surface area contributed by atoms with E-state index < -0.39 is 0 Å². The third kappa shape index (κ3) is 5.17. The summed E-state index contributed by atoms with van der Waals surface area (Å²) in [4.78, 5) is 4.26. The van der Waals surface area contributed by atoms with Crippen LogP contribution in [0, 0.1) is 18.3 Å². The zero-order chi connectivity index (χ0) is 21.3. The first-order valence-electron chi connectivity index (χ1n) is 9.95. The highest BCUT2D eigenvalue weighted by Gasteiger charge is 2.16. The SMILES string of the molecule is CN=C(NCCCc1nn(-c2ccccc2)c(N)c1C#N)NCc1ccc(C)cc1. The van der Waals surface area contributed by atoms with Gasteiger partial charge in [0.05, 0.1) is 11.4 Å². The number of anilines is 1. The van der Waals surface area contributed by atoms with Crippen molar-refractivity contribution < 1.29 is 0 Å². The summed E-state index contributed by atoms with van der Waals surface area (Å²) in [6, 6.07) is 20.2. The normalized spacial score (nSPS) is 11.2. The Kier molecular flexibility index (Phi) is 7.06. The molecule has 7 heteroatoms.